The van der Waals surface area contributed by atoms with Crippen molar-refractivity contribution in [3.8, 4) is 0 Å². The number of ether oxygens (including phenoxy) is 3. The van der Waals surface area contributed by atoms with Gasteiger partial charge in [-0.25, -0.2) is 0 Å². The zero-order valence-electron chi connectivity index (χ0n) is 54.2. The highest BCUT2D eigenvalue weighted by molar-refractivity contribution is 5.71. The van der Waals surface area contributed by atoms with Crippen LogP contribution in [0.25, 0.3) is 0 Å². The molecule has 6 heteroatoms. The average molecular weight is 1140 g/mol. The lowest BCUT2D eigenvalue weighted by Crippen LogP contribution is -2.30. The minimum Gasteiger partial charge on any atom is -0.462 e. The van der Waals surface area contributed by atoms with E-state index in [0.717, 1.165) is 116 Å². The summed E-state index contributed by atoms with van der Waals surface area (Å²) in [6, 6.07) is 0. The normalized spacial score (nSPS) is 12.7. The van der Waals surface area contributed by atoms with E-state index in [0.29, 0.717) is 19.3 Å². The molecule has 0 heterocycles. The van der Waals surface area contributed by atoms with Crippen LogP contribution in [-0.4, -0.2) is 37.2 Å². The van der Waals surface area contributed by atoms with Crippen molar-refractivity contribution in [2.75, 3.05) is 13.2 Å². The first-order valence-corrected chi connectivity index (χ1v) is 35.2. The first-order valence-electron chi connectivity index (χ1n) is 35.2. The molecule has 0 aromatic heterocycles. The molecule has 0 N–H and O–H groups in total. The summed E-state index contributed by atoms with van der Waals surface area (Å²) in [4.78, 5) is 38.1. The van der Waals surface area contributed by atoms with E-state index in [9.17, 15) is 14.4 Å². The minimum atomic E-state index is -0.783. The summed E-state index contributed by atoms with van der Waals surface area (Å²) in [6.45, 7) is 6.48. The Balaban J connectivity index is 4.02. The molecule has 0 aliphatic heterocycles. The number of esters is 3. The van der Waals surface area contributed by atoms with Crippen molar-refractivity contribution >= 4 is 17.9 Å². The van der Waals surface area contributed by atoms with Gasteiger partial charge in [0, 0.05) is 19.3 Å². The van der Waals surface area contributed by atoms with E-state index in [1.165, 1.54) is 193 Å². The van der Waals surface area contributed by atoms with Crippen LogP contribution in [0, 0.1) is 0 Å². The Morgan fingerprint density at radius 3 is 0.744 bits per heavy atom. The van der Waals surface area contributed by atoms with Gasteiger partial charge in [-0.05, 0) is 103 Å². The maximum absolute atomic E-state index is 12.9. The number of hydrogen-bond donors (Lipinski definition) is 0. The first-order chi connectivity index (χ1) is 40.5. The molecule has 1 unspecified atom stereocenters. The molecule has 0 amide bonds. The van der Waals surface area contributed by atoms with E-state index >= 15 is 0 Å². The van der Waals surface area contributed by atoms with E-state index in [4.69, 9.17) is 14.2 Å². The predicted molar refractivity (Wildman–Crippen MR) is 357 cm³/mol. The molecule has 0 saturated carbocycles. The van der Waals surface area contributed by atoms with Crippen molar-refractivity contribution in [2.24, 2.45) is 0 Å². The zero-order chi connectivity index (χ0) is 59.2. The Labute approximate surface area is 508 Å². The van der Waals surface area contributed by atoms with E-state index in [1.807, 2.05) is 0 Å². The quantitative estimate of drug-likeness (QED) is 0.0261. The summed E-state index contributed by atoms with van der Waals surface area (Å²) in [5, 5.41) is 0. The monoisotopic (exact) mass is 1140 g/mol. The Morgan fingerprint density at radius 2 is 0.476 bits per heavy atom. The fourth-order valence-electron chi connectivity index (χ4n) is 10.1. The van der Waals surface area contributed by atoms with Gasteiger partial charge < -0.3 is 14.2 Å². The van der Waals surface area contributed by atoms with Crippen molar-refractivity contribution in [3.05, 3.63) is 97.2 Å². The topological polar surface area (TPSA) is 78.9 Å². The Kier molecular flexibility index (Phi) is 66.7. The van der Waals surface area contributed by atoms with Crippen LogP contribution < -0.4 is 0 Å². The number of rotatable bonds is 64. The van der Waals surface area contributed by atoms with E-state index in [1.54, 1.807) is 0 Å². The molecule has 0 aliphatic rings. The van der Waals surface area contributed by atoms with Gasteiger partial charge in [-0.3, -0.25) is 14.4 Å². The molecule has 0 aromatic rings. The van der Waals surface area contributed by atoms with Gasteiger partial charge in [0.05, 0.1) is 0 Å². The van der Waals surface area contributed by atoms with Gasteiger partial charge in [-0.15, -0.1) is 0 Å². The van der Waals surface area contributed by atoms with Gasteiger partial charge in [0.2, 0.25) is 0 Å². The largest absolute Gasteiger partial charge is 0.462 e. The van der Waals surface area contributed by atoms with Crippen molar-refractivity contribution in [3.63, 3.8) is 0 Å². The second-order valence-corrected chi connectivity index (χ2v) is 23.4. The van der Waals surface area contributed by atoms with Crippen LogP contribution >= 0.6 is 0 Å². The van der Waals surface area contributed by atoms with Gasteiger partial charge in [0.1, 0.15) is 13.2 Å². The molecule has 82 heavy (non-hydrogen) atoms. The average Bonchev–Trinajstić information content (AvgIpc) is 3.47. The summed E-state index contributed by atoms with van der Waals surface area (Å²) >= 11 is 0. The lowest BCUT2D eigenvalue weighted by Gasteiger charge is -2.18. The van der Waals surface area contributed by atoms with E-state index in [-0.39, 0.29) is 31.1 Å². The molecule has 0 spiro atoms. The van der Waals surface area contributed by atoms with E-state index < -0.39 is 6.10 Å². The van der Waals surface area contributed by atoms with Gasteiger partial charge in [-0.2, -0.15) is 0 Å². The van der Waals surface area contributed by atoms with Gasteiger partial charge in [-0.1, -0.05) is 323 Å². The van der Waals surface area contributed by atoms with Crippen molar-refractivity contribution in [1.82, 2.24) is 0 Å². The molecule has 472 valence electrons. The number of hydrogen-bond acceptors (Lipinski definition) is 6. The van der Waals surface area contributed by atoms with Gasteiger partial charge in [0.15, 0.2) is 6.10 Å². The Morgan fingerprint density at radius 1 is 0.256 bits per heavy atom. The lowest BCUT2D eigenvalue weighted by molar-refractivity contribution is -0.167. The summed E-state index contributed by atoms with van der Waals surface area (Å²) in [7, 11) is 0. The van der Waals surface area contributed by atoms with Crippen molar-refractivity contribution in [1.29, 1.82) is 0 Å². The summed E-state index contributed by atoms with van der Waals surface area (Å²) in [5.74, 6) is -0.892. The number of unbranched alkanes of at least 4 members (excludes halogenated alkanes) is 37. The van der Waals surface area contributed by atoms with Gasteiger partial charge in [0.25, 0.3) is 0 Å². The van der Waals surface area contributed by atoms with Crippen LogP contribution in [0.2, 0.25) is 0 Å². The summed E-state index contributed by atoms with van der Waals surface area (Å²) in [6.07, 6.45) is 94.8. The van der Waals surface area contributed by atoms with Crippen LogP contribution in [-0.2, 0) is 28.6 Å². The molecule has 0 bridgehead atoms. The number of allylic oxidation sites excluding steroid dienone is 16. The molecule has 0 rings (SSSR count). The van der Waals surface area contributed by atoms with Crippen LogP contribution in [0.5, 0.6) is 0 Å². The van der Waals surface area contributed by atoms with Crippen molar-refractivity contribution in [2.45, 2.75) is 354 Å². The highest BCUT2D eigenvalue weighted by Gasteiger charge is 2.19. The van der Waals surface area contributed by atoms with Crippen LogP contribution in [0.1, 0.15) is 348 Å². The highest BCUT2D eigenvalue weighted by Crippen LogP contribution is 2.17. The molecule has 1 atom stereocenters. The zero-order valence-corrected chi connectivity index (χ0v) is 54.2. The minimum absolute atomic E-state index is 0.0805. The fourth-order valence-corrected chi connectivity index (χ4v) is 10.1. The third-order valence-electron chi connectivity index (χ3n) is 15.3. The third-order valence-corrected chi connectivity index (χ3v) is 15.3. The fraction of sp³-hybridized carbons (Fsp3) is 0.750. The van der Waals surface area contributed by atoms with Crippen LogP contribution in [0.4, 0.5) is 0 Å². The molecule has 0 aromatic carbocycles. The highest BCUT2D eigenvalue weighted by atomic mass is 16.6. The lowest BCUT2D eigenvalue weighted by atomic mass is 10.0. The third kappa shape index (κ3) is 67.1. The first kappa shape index (κ1) is 78.3. The number of carbonyl (C=O) groups is 3. The molecule has 0 aliphatic carbocycles. The summed E-state index contributed by atoms with van der Waals surface area (Å²) < 4.78 is 16.8. The van der Waals surface area contributed by atoms with Gasteiger partial charge >= 0.3 is 17.9 Å². The molecular formula is C76H132O6. The second-order valence-electron chi connectivity index (χ2n) is 23.4. The molecule has 0 fully saturated rings. The standard InChI is InChI=1S/C76H132O6/c1-4-7-10-13-16-18-20-22-24-26-28-30-32-34-35-36-37-38-39-40-41-43-44-46-48-50-52-54-56-58-60-63-66-69-75(78)81-72-73(71-80-74(77)68-65-62-15-12-9-6-3)82-76(79)70-67-64-61-59-57-55-53-51-49-47-45-42-33-31-29-27-25-23-21-19-17-14-11-8-5-2/h8,11,17,19-20,22-23,25-26,28-29,31,42,45,49,51,73H,4-7,9-10,12-16,18,21,24,27,30,32-41,43-44,46-48,50,52-72H2,1-3H3/b11-8-,19-17-,22-20-,25-23-,28-26-,31-29-,45-42-,51-49-. The van der Waals surface area contributed by atoms with Crippen molar-refractivity contribution < 1.29 is 28.6 Å². The SMILES string of the molecule is CC/C=C\C/C=C\C/C=C\C/C=C\C/C=C\C/C=C\CCCCCCCCC(=O)OC(COC(=O)CCCCCCCC)COC(=O)CCCCCCCCCCCCCCCCCCCCCCC/C=C\C/C=C\CCCCCCC. The van der Waals surface area contributed by atoms with Crippen LogP contribution in [0.15, 0.2) is 97.2 Å². The van der Waals surface area contributed by atoms with Crippen LogP contribution in [0.3, 0.4) is 0 Å². The molecule has 0 saturated heterocycles. The molecular weight excluding hydrogens is 1010 g/mol. The predicted octanol–water partition coefficient (Wildman–Crippen LogP) is 24.4. The smallest absolute Gasteiger partial charge is 0.306 e. The molecule has 0 radical (unpaired) electrons. The maximum atomic E-state index is 12.9. The Hall–Kier alpha value is -3.67. The maximum Gasteiger partial charge on any atom is 0.306 e. The van der Waals surface area contributed by atoms with E-state index in [2.05, 4.69) is 118 Å². The second kappa shape index (κ2) is 69.8. The summed E-state index contributed by atoms with van der Waals surface area (Å²) in [5.41, 5.74) is 0. The number of carbonyl (C=O) groups excluding carboxylic acids is 3. The molecule has 6 nitrogen and oxygen atoms in total. The Bertz CT molecular complexity index is 1590.